The van der Waals surface area contributed by atoms with Crippen LogP contribution >= 0.6 is 0 Å². The van der Waals surface area contributed by atoms with Gasteiger partial charge in [-0.2, -0.15) is 0 Å². The third kappa shape index (κ3) is 39.5. The monoisotopic (exact) mass is 1200 g/mol. The molecule has 12 unspecified atom stereocenters. The zero-order chi connectivity index (χ0) is 61.6. The van der Waals surface area contributed by atoms with Gasteiger partial charge in [-0.15, -0.1) is 0 Å². The zero-order valence-electron chi connectivity index (χ0n) is 53.1. The first kappa shape index (κ1) is 78.0. The molecule has 0 saturated carbocycles. The molecule has 85 heavy (non-hydrogen) atoms. The summed E-state index contributed by atoms with van der Waals surface area (Å²) >= 11 is 0. The number of carbonyl (C=O) groups excluding carboxylic acids is 1. The number of hydrogen-bond donors (Lipinski definition) is 9. The third-order valence-electron chi connectivity index (χ3n) is 16.0. The Labute approximate surface area is 515 Å². The number of aliphatic hydroxyl groups is 8. The lowest BCUT2D eigenvalue weighted by atomic mass is 9.97. The van der Waals surface area contributed by atoms with Gasteiger partial charge in [-0.05, 0) is 77.0 Å². The molecule has 14 nitrogen and oxygen atoms in total. The Bertz CT molecular complexity index is 1800. The van der Waals surface area contributed by atoms with Crippen LogP contribution in [0.2, 0.25) is 0 Å². The quantitative estimate of drug-likeness (QED) is 0.0204. The van der Waals surface area contributed by atoms with Crippen molar-refractivity contribution in [1.29, 1.82) is 0 Å². The van der Waals surface area contributed by atoms with Crippen LogP contribution in [-0.4, -0.2) is 140 Å². The SMILES string of the molecule is CC/C=C\C/C=C\C/C=C\C/C=C\C/C=C\C/C=C\C/C=C\CCCCCCCCCCCCCCCCCCCCCC(=O)NC(COC1OC(CO)C(OC2OC(CO)C(O)C(O)C2O)C(O)C1O)C(O)/C=C/CCCCCCCCCC. The molecule has 0 aromatic heterocycles. The van der Waals surface area contributed by atoms with E-state index in [0.29, 0.717) is 6.42 Å². The van der Waals surface area contributed by atoms with E-state index in [9.17, 15) is 45.6 Å². The third-order valence-corrected chi connectivity index (χ3v) is 16.0. The maximum absolute atomic E-state index is 13.2. The lowest BCUT2D eigenvalue weighted by Gasteiger charge is -2.46. The van der Waals surface area contributed by atoms with E-state index in [4.69, 9.17) is 18.9 Å². The molecule has 2 aliphatic heterocycles. The number of ether oxygens (including phenoxy) is 4. The first-order valence-electron chi connectivity index (χ1n) is 34.0. The summed E-state index contributed by atoms with van der Waals surface area (Å²) in [6.07, 6.45) is 60.7. The van der Waals surface area contributed by atoms with Crippen molar-refractivity contribution in [3.05, 3.63) is 97.2 Å². The number of hydrogen-bond acceptors (Lipinski definition) is 13. The lowest BCUT2D eigenvalue weighted by molar-refractivity contribution is -0.359. The van der Waals surface area contributed by atoms with Crippen LogP contribution in [-0.2, 0) is 23.7 Å². The summed E-state index contributed by atoms with van der Waals surface area (Å²) in [5.41, 5.74) is 0. The van der Waals surface area contributed by atoms with E-state index in [0.717, 1.165) is 83.5 Å². The normalized spacial score (nSPS) is 24.2. The Kier molecular flexibility index (Phi) is 50.5. The van der Waals surface area contributed by atoms with Crippen LogP contribution < -0.4 is 5.32 Å². The summed E-state index contributed by atoms with van der Waals surface area (Å²) in [7, 11) is 0. The van der Waals surface area contributed by atoms with Gasteiger partial charge in [0.2, 0.25) is 5.91 Å². The van der Waals surface area contributed by atoms with E-state index in [1.807, 2.05) is 6.08 Å². The van der Waals surface area contributed by atoms with E-state index in [-0.39, 0.29) is 18.9 Å². The second kappa shape index (κ2) is 55.0. The van der Waals surface area contributed by atoms with Gasteiger partial charge >= 0.3 is 0 Å². The van der Waals surface area contributed by atoms with Crippen LogP contribution in [0.25, 0.3) is 0 Å². The average molecular weight is 1200 g/mol. The van der Waals surface area contributed by atoms with E-state index >= 15 is 0 Å². The second-order valence-corrected chi connectivity index (χ2v) is 23.6. The number of allylic oxidation sites excluding steroid dienone is 15. The summed E-state index contributed by atoms with van der Waals surface area (Å²) in [5, 5.41) is 87.0. The molecule has 9 N–H and O–H groups in total. The second-order valence-electron chi connectivity index (χ2n) is 23.6. The topological polar surface area (TPSA) is 228 Å². The molecule has 0 aromatic rings. The van der Waals surface area contributed by atoms with Crippen LogP contribution in [0.15, 0.2) is 97.2 Å². The molecule has 0 spiro atoms. The highest BCUT2D eigenvalue weighted by molar-refractivity contribution is 5.76. The van der Waals surface area contributed by atoms with Crippen molar-refractivity contribution in [2.75, 3.05) is 19.8 Å². The van der Waals surface area contributed by atoms with Crippen molar-refractivity contribution in [3.63, 3.8) is 0 Å². The Morgan fingerprint density at radius 2 is 0.812 bits per heavy atom. The number of aliphatic hydroxyl groups excluding tert-OH is 8. The molecule has 2 saturated heterocycles. The minimum Gasteiger partial charge on any atom is -0.394 e. The standard InChI is InChI=1S/C71H123NO13/c1-3-5-7-9-11-13-15-16-17-18-19-20-21-22-23-24-25-26-27-28-29-30-31-32-33-34-35-36-37-38-39-40-41-42-43-44-45-47-49-51-53-55-63(76)72-59(60(75)54-52-50-48-46-14-12-10-8-6-4-2)58-82-70-68(81)66(79)69(62(57-74)84-70)85-71-67(80)65(78)64(77)61(56-73)83-71/h5,7,11,13,16-17,19-20,22-23,25-26,28-29,52,54,59-62,64-71,73-75,77-81H,3-4,6,8-10,12,14-15,18,21,24,27,30-51,53,55-58H2,1-2H3,(H,72,76)/b7-5-,13-11-,17-16-,20-19-,23-22-,26-25-,29-28-,54-52+. The highest BCUT2D eigenvalue weighted by Gasteiger charge is 2.51. The highest BCUT2D eigenvalue weighted by atomic mass is 16.7. The van der Waals surface area contributed by atoms with Crippen molar-refractivity contribution < 1.29 is 64.6 Å². The van der Waals surface area contributed by atoms with Crippen LogP contribution in [0.5, 0.6) is 0 Å². The Hall–Kier alpha value is -3.09. The van der Waals surface area contributed by atoms with Crippen LogP contribution in [0.1, 0.15) is 251 Å². The molecule has 0 aliphatic carbocycles. The summed E-state index contributed by atoms with van der Waals surface area (Å²) in [4.78, 5) is 13.2. The van der Waals surface area contributed by atoms with Crippen molar-refractivity contribution in [3.8, 4) is 0 Å². The van der Waals surface area contributed by atoms with E-state index in [2.05, 4.69) is 104 Å². The van der Waals surface area contributed by atoms with Crippen molar-refractivity contribution in [1.82, 2.24) is 5.32 Å². The van der Waals surface area contributed by atoms with Gasteiger partial charge < -0.3 is 65.1 Å². The van der Waals surface area contributed by atoms with Gasteiger partial charge in [-0.25, -0.2) is 0 Å². The van der Waals surface area contributed by atoms with Gasteiger partial charge in [-0.1, -0.05) is 265 Å². The molecule has 2 rings (SSSR count). The number of carbonyl (C=O) groups is 1. The Morgan fingerprint density at radius 1 is 0.435 bits per heavy atom. The van der Waals surface area contributed by atoms with Gasteiger partial charge in [0.1, 0.15) is 48.8 Å². The van der Waals surface area contributed by atoms with Crippen molar-refractivity contribution in [2.24, 2.45) is 0 Å². The zero-order valence-corrected chi connectivity index (χ0v) is 53.1. The molecule has 2 fully saturated rings. The van der Waals surface area contributed by atoms with Gasteiger partial charge in [-0.3, -0.25) is 4.79 Å². The van der Waals surface area contributed by atoms with Gasteiger partial charge in [0.15, 0.2) is 12.6 Å². The molecular formula is C71H123NO13. The summed E-state index contributed by atoms with van der Waals surface area (Å²) in [5.74, 6) is -0.241. The first-order valence-corrected chi connectivity index (χ1v) is 34.0. The first-order chi connectivity index (χ1) is 41.6. The average Bonchev–Trinajstić information content (AvgIpc) is 2.93. The van der Waals surface area contributed by atoms with E-state index in [1.54, 1.807) is 6.08 Å². The molecule has 0 aromatic carbocycles. The molecule has 14 heteroatoms. The molecule has 2 heterocycles. The fraction of sp³-hybridized carbons (Fsp3) is 0.761. The maximum atomic E-state index is 13.2. The number of rotatable bonds is 54. The molecule has 2 aliphatic rings. The fourth-order valence-corrected chi connectivity index (χ4v) is 10.6. The highest BCUT2D eigenvalue weighted by Crippen LogP contribution is 2.30. The molecule has 490 valence electrons. The smallest absolute Gasteiger partial charge is 0.220 e. The molecule has 0 bridgehead atoms. The Balaban J connectivity index is 1.53. The Morgan fingerprint density at radius 3 is 1.25 bits per heavy atom. The van der Waals surface area contributed by atoms with Gasteiger partial charge in [0.05, 0.1) is 32.0 Å². The molecule has 1 amide bonds. The lowest BCUT2D eigenvalue weighted by Crippen LogP contribution is -2.65. The molecular weight excluding hydrogens is 1070 g/mol. The predicted octanol–water partition coefficient (Wildman–Crippen LogP) is 13.4. The predicted molar refractivity (Wildman–Crippen MR) is 346 cm³/mol. The largest absolute Gasteiger partial charge is 0.394 e. The van der Waals surface area contributed by atoms with Crippen LogP contribution in [0, 0.1) is 0 Å². The number of amides is 1. The van der Waals surface area contributed by atoms with Gasteiger partial charge in [0, 0.05) is 6.42 Å². The fourth-order valence-electron chi connectivity index (χ4n) is 10.6. The maximum Gasteiger partial charge on any atom is 0.220 e. The minimum absolute atomic E-state index is 0.241. The number of nitrogens with one attached hydrogen (secondary N) is 1. The molecule has 12 atom stereocenters. The van der Waals surface area contributed by atoms with Gasteiger partial charge in [0.25, 0.3) is 0 Å². The number of unbranched alkanes of at least 4 members (excludes halogenated alkanes) is 27. The summed E-state index contributed by atoms with van der Waals surface area (Å²) < 4.78 is 22.7. The van der Waals surface area contributed by atoms with Crippen molar-refractivity contribution in [2.45, 2.75) is 325 Å². The molecule has 0 radical (unpaired) electrons. The van der Waals surface area contributed by atoms with E-state index < -0.39 is 86.8 Å². The van der Waals surface area contributed by atoms with Crippen molar-refractivity contribution >= 4 is 5.91 Å². The van der Waals surface area contributed by atoms with E-state index in [1.165, 1.54) is 141 Å². The van der Waals surface area contributed by atoms with Crippen LogP contribution in [0.3, 0.4) is 0 Å². The summed E-state index contributed by atoms with van der Waals surface area (Å²) in [6, 6.07) is -0.915. The van der Waals surface area contributed by atoms with Crippen LogP contribution in [0.4, 0.5) is 0 Å². The summed E-state index contributed by atoms with van der Waals surface area (Å²) in [6.45, 7) is 2.65. The minimum atomic E-state index is -1.79.